The lowest BCUT2D eigenvalue weighted by atomic mass is 9.76. The van der Waals surface area contributed by atoms with Crippen LogP contribution in [-0.2, 0) is 12.6 Å². The average Bonchev–Trinajstić information content (AvgIpc) is 3.63. The Morgan fingerprint density at radius 1 is 0.816 bits per heavy atom. The van der Waals surface area contributed by atoms with Crippen LogP contribution in [0.4, 0.5) is 0 Å². The molecule has 9 heteroatoms. The molecule has 8 nitrogen and oxygen atoms in total. The fourth-order valence-corrected chi connectivity index (χ4v) is 7.44. The van der Waals surface area contributed by atoms with E-state index in [1.807, 2.05) is 84.4 Å². The van der Waals surface area contributed by atoms with Crippen molar-refractivity contribution in [3.8, 4) is 17.1 Å². The smallest absolute Gasteiger partial charge is 0.339 e. The average molecular weight is 666 g/mol. The molecule has 0 saturated carbocycles. The SMILES string of the molecule is Cn1nc(-c2cnc3c(n2)c(C(=O)O)cn3C(c2ccccc2)(c2ccccc2)c2ccccc2)c2cc(O[Si](C)(C)C(C)(C)C)ccc21. The highest BCUT2D eigenvalue weighted by molar-refractivity contribution is 6.74. The van der Waals surface area contributed by atoms with Gasteiger partial charge in [0, 0.05) is 18.6 Å². The van der Waals surface area contributed by atoms with E-state index in [-0.39, 0.29) is 16.1 Å². The van der Waals surface area contributed by atoms with Gasteiger partial charge in [0.05, 0.1) is 11.7 Å². The van der Waals surface area contributed by atoms with Crippen LogP contribution >= 0.6 is 0 Å². The van der Waals surface area contributed by atoms with E-state index in [1.54, 1.807) is 17.1 Å². The highest BCUT2D eigenvalue weighted by Gasteiger charge is 2.41. The van der Waals surface area contributed by atoms with Gasteiger partial charge in [-0.3, -0.25) is 4.68 Å². The summed E-state index contributed by atoms with van der Waals surface area (Å²) in [6.07, 6.45) is 3.37. The summed E-state index contributed by atoms with van der Waals surface area (Å²) in [5, 5.41) is 16.3. The van der Waals surface area contributed by atoms with Crippen LogP contribution in [0.5, 0.6) is 5.75 Å². The van der Waals surface area contributed by atoms with Gasteiger partial charge < -0.3 is 14.1 Å². The molecule has 3 aromatic heterocycles. The number of aromatic carboxylic acids is 1. The molecule has 3 heterocycles. The maximum absolute atomic E-state index is 13.0. The third-order valence-electron chi connectivity index (χ3n) is 9.90. The fourth-order valence-electron chi connectivity index (χ4n) is 6.42. The molecule has 0 saturated heterocycles. The van der Waals surface area contributed by atoms with Crippen LogP contribution in [-0.4, -0.2) is 43.7 Å². The Kier molecular flexibility index (Phi) is 7.75. The second-order valence-electron chi connectivity index (χ2n) is 14.0. The Bertz CT molecular complexity index is 2210. The number of nitrogens with zero attached hydrogens (tertiary/aromatic N) is 5. The second kappa shape index (κ2) is 11.9. The normalized spacial score (nSPS) is 12.4. The summed E-state index contributed by atoms with van der Waals surface area (Å²) in [5.41, 5.74) is 4.69. The number of hydrogen-bond acceptors (Lipinski definition) is 5. The van der Waals surface area contributed by atoms with Crippen molar-refractivity contribution in [1.29, 1.82) is 0 Å². The van der Waals surface area contributed by atoms with Crippen LogP contribution in [0.1, 0.15) is 47.8 Å². The molecular weight excluding hydrogens is 627 g/mol. The molecule has 0 aliphatic heterocycles. The molecule has 0 aliphatic rings. The van der Waals surface area contributed by atoms with Crippen LogP contribution in [0.2, 0.25) is 18.1 Å². The molecule has 0 aliphatic carbocycles. The molecule has 0 bridgehead atoms. The van der Waals surface area contributed by atoms with Gasteiger partial charge in [0.25, 0.3) is 0 Å². The summed E-state index contributed by atoms with van der Waals surface area (Å²) < 4.78 is 10.4. The fraction of sp³-hybridized carbons (Fsp3) is 0.200. The maximum Gasteiger partial charge on any atom is 0.339 e. The monoisotopic (exact) mass is 665 g/mol. The summed E-state index contributed by atoms with van der Waals surface area (Å²) in [4.78, 5) is 23.0. The molecule has 0 unspecified atom stereocenters. The van der Waals surface area contributed by atoms with Gasteiger partial charge in [-0.1, -0.05) is 112 Å². The summed E-state index contributed by atoms with van der Waals surface area (Å²) >= 11 is 0. The van der Waals surface area contributed by atoms with E-state index in [1.165, 1.54) is 0 Å². The minimum atomic E-state index is -2.10. The summed E-state index contributed by atoms with van der Waals surface area (Å²) in [6.45, 7) is 11.1. The van der Waals surface area contributed by atoms with Gasteiger partial charge in [0.2, 0.25) is 8.32 Å². The topological polar surface area (TPSA) is 95.1 Å². The third kappa shape index (κ3) is 5.30. The van der Waals surface area contributed by atoms with Crippen molar-refractivity contribution in [2.75, 3.05) is 0 Å². The number of carboxylic acid groups (broad SMARTS) is 1. The number of hydrogen-bond donors (Lipinski definition) is 1. The highest BCUT2D eigenvalue weighted by atomic mass is 28.4. The third-order valence-corrected chi connectivity index (χ3v) is 14.3. The van der Waals surface area contributed by atoms with E-state index in [9.17, 15) is 9.90 Å². The predicted molar refractivity (Wildman–Crippen MR) is 197 cm³/mol. The van der Waals surface area contributed by atoms with E-state index in [0.717, 1.165) is 33.3 Å². The first-order valence-electron chi connectivity index (χ1n) is 16.4. The maximum atomic E-state index is 13.0. The van der Waals surface area contributed by atoms with Gasteiger partial charge in [-0.2, -0.15) is 5.10 Å². The Hall–Kier alpha value is -5.54. The molecule has 49 heavy (non-hydrogen) atoms. The predicted octanol–water partition coefficient (Wildman–Crippen LogP) is 8.91. The molecular formula is C40H39N5O3Si. The van der Waals surface area contributed by atoms with E-state index < -0.39 is 19.8 Å². The Labute approximate surface area is 286 Å². The first kappa shape index (κ1) is 32.0. The Morgan fingerprint density at radius 3 is 1.88 bits per heavy atom. The Morgan fingerprint density at radius 2 is 1.37 bits per heavy atom. The minimum Gasteiger partial charge on any atom is -0.543 e. The van der Waals surface area contributed by atoms with Crippen molar-refractivity contribution in [2.24, 2.45) is 7.05 Å². The molecule has 7 rings (SSSR count). The number of carbonyl (C=O) groups is 1. The highest BCUT2D eigenvalue weighted by Crippen LogP contribution is 2.44. The number of carboxylic acids is 1. The molecule has 7 aromatic rings. The molecule has 0 fully saturated rings. The van der Waals surface area contributed by atoms with Gasteiger partial charge in [-0.05, 0) is 53.0 Å². The minimum absolute atomic E-state index is 0.0328. The second-order valence-corrected chi connectivity index (χ2v) is 18.7. The van der Waals surface area contributed by atoms with Crippen molar-refractivity contribution in [3.63, 3.8) is 0 Å². The first-order chi connectivity index (χ1) is 23.4. The number of rotatable bonds is 8. The molecule has 4 aromatic carbocycles. The molecule has 0 radical (unpaired) electrons. The van der Waals surface area contributed by atoms with Crippen LogP contribution in [0.3, 0.4) is 0 Å². The van der Waals surface area contributed by atoms with Crippen LogP contribution in [0.25, 0.3) is 33.5 Å². The van der Waals surface area contributed by atoms with Crippen molar-refractivity contribution in [1.82, 2.24) is 24.3 Å². The molecule has 246 valence electrons. The molecule has 1 N–H and O–H groups in total. The van der Waals surface area contributed by atoms with Crippen molar-refractivity contribution >= 4 is 36.4 Å². The van der Waals surface area contributed by atoms with E-state index in [2.05, 4.69) is 70.3 Å². The van der Waals surface area contributed by atoms with Gasteiger partial charge in [0.1, 0.15) is 33.8 Å². The number of aryl methyl sites for hydroxylation is 1. The molecule has 0 spiro atoms. The van der Waals surface area contributed by atoms with Crippen LogP contribution < -0.4 is 4.43 Å². The zero-order valence-electron chi connectivity index (χ0n) is 28.5. The van der Waals surface area contributed by atoms with Crippen molar-refractivity contribution < 1.29 is 14.3 Å². The zero-order chi connectivity index (χ0) is 34.6. The van der Waals surface area contributed by atoms with Gasteiger partial charge in [-0.15, -0.1) is 0 Å². The van der Waals surface area contributed by atoms with E-state index in [0.29, 0.717) is 17.0 Å². The quantitative estimate of drug-likeness (QED) is 0.129. The molecule has 0 atom stereocenters. The van der Waals surface area contributed by atoms with E-state index in [4.69, 9.17) is 19.5 Å². The van der Waals surface area contributed by atoms with Gasteiger partial charge in [-0.25, -0.2) is 14.8 Å². The lowest BCUT2D eigenvalue weighted by Gasteiger charge is -2.38. The van der Waals surface area contributed by atoms with Crippen molar-refractivity contribution in [3.05, 3.63) is 144 Å². The largest absolute Gasteiger partial charge is 0.543 e. The zero-order valence-corrected chi connectivity index (χ0v) is 29.5. The lowest BCUT2D eigenvalue weighted by Crippen LogP contribution is -2.43. The standard InChI is InChI=1S/C40H39N5O3Si/c1-39(2,3)49(5,6)48-30-22-23-34-31(24-30)35(43-44(34)4)33-25-41-37-36(42-33)32(38(46)47)26-45(37)40(27-16-10-7-11-17-27,28-18-12-8-13-19-28)29-20-14-9-15-21-29/h7-26H,1-6H3,(H,46,47). The van der Waals surface area contributed by atoms with Crippen LogP contribution in [0.15, 0.2) is 122 Å². The first-order valence-corrected chi connectivity index (χ1v) is 19.3. The summed E-state index contributed by atoms with van der Waals surface area (Å²) in [7, 11) is -0.214. The van der Waals surface area contributed by atoms with E-state index >= 15 is 0 Å². The van der Waals surface area contributed by atoms with Gasteiger partial charge >= 0.3 is 5.97 Å². The Balaban J connectivity index is 1.48. The van der Waals surface area contributed by atoms with Crippen LogP contribution in [0, 0.1) is 0 Å². The van der Waals surface area contributed by atoms with Crippen molar-refractivity contribution in [2.45, 2.75) is 44.4 Å². The summed E-state index contributed by atoms with van der Waals surface area (Å²) in [5.74, 6) is -0.313. The number of fused-ring (bicyclic) bond motifs is 2. The van der Waals surface area contributed by atoms with Gasteiger partial charge in [0.15, 0.2) is 5.65 Å². The number of benzene rings is 4. The summed E-state index contributed by atoms with van der Waals surface area (Å²) in [6, 6.07) is 36.3. The number of aromatic nitrogens is 5. The lowest BCUT2D eigenvalue weighted by molar-refractivity contribution is 0.0698. The molecule has 0 amide bonds.